The normalized spacial score (nSPS) is 17.7. The van der Waals surface area contributed by atoms with Gasteiger partial charge < -0.3 is 4.90 Å². The highest BCUT2D eigenvalue weighted by Crippen LogP contribution is 2.27. The number of pyridine rings is 1. The van der Waals surface area contributed by atoms with Gasteiger partial charge >= 0.3 is 0 Å². The lowest BCUT2D eigenvalue weighted by atomic mass is 10.0. The highest BCUT2D eigenvalue weighted by molar-refractivity contribution is 7.71. The van der Waals surface area contributed by atoms with E-state index in [0.29, 0.717) is 10.8 Å². The van der Waals surface area contributed by atoms with Gasteiger partial charge in [0, 0.05) is 24.0 Å². The molecular weight excluding hydrogens is 258 g/mol. The number of nitrogens with one attached hydrogen (secondary N) is 1. The van der Waals surface area contributed by atoms with Crippen molar-refractivity contribution >= 4 is 12.2 Å². The number of likely N-dealkylation sites (tertiary alicyclic amines) is 1. The first kappa shape index (κ1) is 12.5. The van der Waals surface area contributed by atoms with Crippen LogP contribution >= 0.6 is 12.2 Å². The number of hydrogen-bond donors (Lipinski definition) is 1. The first-order chi connectivity index (χ1) is 9.25. The van der Waals surface area contributed by atoms with Crippen molar-refractivity contribution < 1.29 is 0 Å². The van der Waals surface area contributed by atoms with Crippen molar-refractivity contribution in [2.75, 3.05) is 20.1 Å². The SMILES string of the molecule is CN1CCC(n2c(-c3cccnc3)n[nH]c2=S)CC1. The van der Waals surface area contributed by atoms with Crippen LogP contribution in [0.3, 0.4) is 0 Å². The van der Waals surface area contributed by atoms with Crippen molar-refractivity contribution in [2.24, 2.45) is 0 Å². The summed E-state index contributed by atoms with van der Waals surface area (Å²) in [5.74, 6) is 0.896. The lowest BCUT2D eigenvalue weighted by molar-refractivity contribution is 0.221. The van der Waals surface area contributed by atoms with Crippen molar-refractivity contribution in [2.45, 2.75) is 18.9 Å². The summed E-state index contributed by atoms with van der Waals surface area (Å²) in [6.07, 6.45) is 5.82. The summed E-state index contributed by atoms with van der Waals surface area (Å²) < 4.78 is 2.85. The highest BCUT2D eigenvalue weighted by Gasteiger charge is 2.22. The van der Waals surface area contributed by atoms with Crippen LogP contribution in [0.4, 0.5) is 0 Å². The van der Waals surface area contributed by atoms with E-state index in [-0.39, 0.29) is 0 Å². The van der Waals surface area contributed by atoms with Gasteiger partial charge in [-0.2, -0.15) is 5.10 Å². The molecule has 0 unspecified atom stereocenters. The number of aromatic amines is 1. The van der Waals surface area contributed by atoms with E-state index >= 15 is 0 Å². The summed E-state index contributed by atoms with van der Waals surface area (Å²) >= 11 is 5.39. The van der Waals surface area contributed by atoms with Crippen LogP contribution in [0.1, 0.15) is 18.9 Å². The lowest BCUT2D eigenvalue weighted by Gasteiger charge is -2.30. The zero-order valence-corrected chi connectivity index (χ0v) is 11.7. The minimum absolute atomic E-state index is 0.428. The molecule has 100 valence electrons. The van der Waals surface area contributed by atoms with Crippen LogP contribution < -0.4 is 0 Å². The molecule has 0 radical (unpaired) electrons. The second-order valence-corrected chi connectivity index (χ2v) is 5.39. The maximum atomic E-state index is 5.39. The molecule has 1 saturated heterocycles. The molecule has 3 heterocycles. The Balaban J connectivity index is 1.98. The van der Waals surface area contributed by atoms with Crippen LogP contribution in [-0.2, 0) is 0 Å². The summed E-state index contributed by atoms with van der Waals surface area (Å²) in [4.78, 5) is 6.51. The first-order valence-electron chi connectivity index (χ1n) is 6.51. The molecule has 0 saturated carbocycles. The average molecular weight is 275 g/mol. The molecule has 6 heteroatoms. The van der Waals surface area contributed by atoms with E-state index in [1.165, 1.54) is 0 Å². The molecule has 3 rings (SSSR count). The fraction of sp³-hybridized carbons (Fsp3) is 0.462. The van der Waals surface area contributed by atoms with Gasteiger partial charge in [-0.1, -0.05) is 0 Å². The molecule has 2 aromatic heterocycles. The van der Waals surface area contributed by atoms with Crippen LogP contribution in [0.2, 0.25) is 0 Å². The molecule has 1 fully saturated rings. The van der Waals surface area contributed by atoms with Crippen LogP contribution in [-0.4, -0.2) is 44.8 Å². The van der Waals surface area contributed by atoms with Gasteiger partial charge in [0.05, 0.1) is 0 Å². The van der Waals surface area contributed by atoms with Gasteiger partial charge in [-0.3, -0.25) is 14.6 Å². The van der Waals surface area contributed by atoms with Crippen LogP contribution in [0.25, 0.3) is 11.4 Å². The quantitative estimate of drug-likeness (QED) is 0.854. The van der Waals surface area contributed by atoms with Gasteiger partial charge in [-0.05, 0) is 57.3 Å². The minimum atomic E-state index is 0.428. The molecule has 1 aliphatic heterocycles. The Morgan fingerprint density at radius 2 is 2.16 bits per heavy atom. The molecule has 0 atom stereocenters. The highest BCUT2D eigenvalue weighted by atomic mass is 32.1. The van der Waals surface area contributed by atoms with E-state index in [9.17, 15) is 0 Å². The Bertz CT molecular complexity index is 595. The third-order valence-electron chi connectivity index (χ3n) is 3.68. The van der Waals surface area contributed by atoms with Gasteiger partial charge in [0.25, 0.3) is 0 Å². The molecule has 2 aromatic rings. The molecule has 0 amide bonds. The number of piperidine rings is 1. The van der Waals surface area contributed by atoms with Gasteiger partial charge in [0.15, 0.2) is 10.6 Å². The molecule has 0 aromatic carbocycles. The minimum Gasteiger partial charge on any atom is -0.306 e. The fourth-order valence-corrected chi connectivity index (χ4v) is 2.88. The number of hydrogen-bond acceptors (Lipinski definition) is 4. The summed E-state index contributed by atoms with van der Waals surface area (Å²) in [7, 11) is 2.16. The van der Waals surface area contributed by atoms with Crippen molar-refractivity contribution in [1.82, 2.24) is 24.6 Å². The number of nitrogens with zero attached hydrogens (tertiary/aromatic N) is 4. The molecule has 0 bridgehead atoms. The van der Waals surface area contributed by atoms with Crippen LogP contribution in [0, 0.1) is 4.77 Å². The van der Waals surface area contributed by atoms with E-state index in [1.807, 2.05) is 18.3 Å². The van der Waals surface area contributed by atoms with Gasteiger partial charge in [0.1, 0.15) is 0 Å². The predicted octanol–water partition coefficient (Wildman–Crippen LogP) is 2.27. The molecule has 0 spiro atoms. The van der Waals surface area contributed by atoms with Crippen molar-refractivity contribution in [3.05, 3.63) is 29.3 Å². The Hall–Kier alpha value is -1.53. The fourth-order valence-electron chi connectivity index (χ4n) is 2.60. The molecule has 1 N–H and O–H groups in total. The predicted molar refractivity (Wildman–Crippen MR) is 76.4 cm³/mol. The smallest absolute Gasteiger partial charge is 0.195 e. The van der Waals surface area contributed by atoms with Gasteiger partial charge in [-0.15, -0.1) is 0 Å². The van der Waals surface area contributed by atoms with E-state index in [0.717, 1.165) is 37.3 Å². The Morgan fingerprint density at radius 1 is 1.37 bits per heavy atom. The molecule has 19 heavy (non-hydrogen) atoms. The largest absolute Gasteiger partial charge is 0.306 e. The Morgan fingerprint density at radius 3 is 2.84 bits per heavy atom. The van der Waals surface area contributed by atoms with Crippen molar-refractivity contribution in [1.29, 1.82) is 0 Å². The number of rotatable bonds is 2. The standard InChI is InChI=1S/C13H17N5S/c1-17-7-4-11(5-8-17)18-12(15-16-13(18)19)10-3-2-6-14-9-10/h2-3,6,9,11H,4-5,7-8H2,1H3,(H,16,19). The number of H-pyrrole nitrogens is 1. The van der Waals surface area contributed by atoms with E-state index in [4.69, 9.17) is 12.2 Å². The topological polar surface area (TPSA) is 49.7 Å². The van der Waals surface area contributed by atoms with Crippen molar-refractivity contribution in [3.8, 4) is 11.4 Å². The van der Waals surface area contributed by atoms with E-state index in [1.54, 1.807) is 6.20 Å². The van der Waals surface area contributed by atoms with Crippen LogP contribution in [0.15, 0.2) is 24.5 Å². The van der Waals surface area contributed by atoms with Gasteiger partial charge in [-0.25, -0.2) is 0 Å². The van der Waals surface area contributed by atoms with Gasteiger partial charge in [0.2, 0.25) is 0 Å². The first-order valence-corrected chi connectivity index (χ1v) is 6.92. The third kappa shape index (κ3) is 2.46. The average Bonchev–Trinajstić information content (AvgIpc) is 2.83. The molecular formula is C13H17N5S. The van der Waals surface area contributed by atoms with E-state index < -0.39 is 0 Å². The Labute approximate surface area is 117 Å². The summed E-state index contributed by atoms with van der Waals surface area (Å²) in [5.41, 5.74) is 1.01. The molecule has 1 aliphatic rings. The summed E-state index contributed by atoms with van der Waals surface area (Å²) in [6, 6.07) is 4.37. The third-order valence-corrected chi connectivity index (χ3v) is 3.97. The van der Waals surface area contributed by atoms with E-state index in [2.05, 4.69) is 31.7 Å². The van der Waals surface area contributed by atoms with Crippen molar-refractivity contribution in [3.63, 3.8) is 0 Å². The maximum absolute atomic E-state index is 5.39. The Kier molecular flexibility index (Phi) is 3.44. The number of aromatic nitrogens is 4. The second kappa shape index (κ2) is 5.22. The zero-order chi connectivity index (χ0) is 13.2. The summed E-state index contributed by atoms with van der Waals surface area (Å²) in [6.45, 7) is 2.20. The molecule has 0 aliphatic carbocycles. The van der Waals surface area contributed by atoms with Crippen LogP contribution in [0.5, 0.6) is 0 Å². The second-order valence-electron chi connectivity index (χ2n) is 5.00. The summed E-state index contributed by atoms with van der Waals surface area (Å²) in [5, 5.41) is 7.29. The molecule has 5 nitrogen and oxygen atoms in total. The lowest BCUT2D eigenvalue weighted by Crippen LogP contribution is -2.31. The monoisotopic (exact) mass is 275 g/mol. The zero-order valence-electron chi connectivity index (χ0n) is 10.9. The maximum Gasteiger partial charge on any atom is 0.195 e.